The van der Waals surface area contributed by atoms with Crippen LogP contribution in [0.5, 0.6) is 11.5 Å². The predicted octanol–water partition coefficient (Wildman–Crippen LogP) is 3.72. The SMILES string of the molecule is CN=C(NCc1ccc(OC)cc1OC(F)F)N1CCC(C)(C)C1.I. The van der Waals surface area contributed by atoms with Gasteiger partial charge in [0.05, 0.1) is 7.11 Å². The maximum absolute atomic E-state index is 12.6. The van der Waals surface area contributed by atoms with Gasteiger partial charge in [-0.05, 0) is 24.0 Å². The number of ether oxygens (including phenoxy) is 2. The minimum Gasteiger partial charge on any atom is -0.497 e. The Hall–Kier alpha value is -1.32. The molecule has 1 saturated heterocycles. The Bertz CT molecular complexity index is 597. The summed E-state index contributed by atoms with van der Waals surface area (Å²) >= 11 is 0. The normalized spacial score (nSPS) is 16.6. The third-order valence-electron chi connectivity index (χ3n) is 4.12. The molecule has 8 heteroatoms. The van der Waals surface area contributed by atoms with Crippen LogP contribution in [0.15, 0.2) is 23.2 Å². The van der Waals surface area contributed by atoms with E-state index in [9.17, 15) is 8.78 Å². The number of aliphatic imine (C=N–C) groups is 1. The Morgan fingerprint density at radius 2 is 2.12 bits per heavy atom. The molecule has 1 N–H and O–H groups in total. The van der Waals surface area contributed by atoms with E-state index < -0.39 is 6.61 Å². The van der Waals surface area contributed by atoms with Gasteiger partial charge in [0.1, 0.15) is 11.5 Å². The van der Waals surface area contributed by atoms with E-state index in [1.54, 1.807) is 19.2 Å². The maximum atomic E-state index is 12.6. The topological polar surface area (TPSA) is 46.1 Å². The number of halogens is 3. The summed E-state index contributed by atoms with van der Waals surface area (Å²) in [5.41, 5.74) is 0.873. The van der Waals surface area contributed by atoms with Gasteiger partial charge in [0.2, 0.25) is 0 Å². The van der Waals surface area contributed by atoms with Crippen molar-refractivity contribution in [3.63, 3.8) is 0 Å². The van der Waals surface area contributed by atoms with E-state index in [0.29, 0.717) is 17.9 Å². The number of benzene rings is 1. The first kappa shape index (κ1) is 21.7. The molecular formula is C17H26F2IN3O2. The van der Waals surface area contributed by atoms with Crippen LogP contribution in [0.1, 0.15) is 25.8 Å². The highest BCUT2D eigenvalue weighted by Gasteiger charge is 2.30. The van der Waals surface area contributed by atoms with Gasteiger partial charge in [-0.2, -0.15) is 8.78 Å². The Kier molecular flexibility index (Phi) is 8.17. The summed E-state index contributed by atoms with van der Waals surface area (Å²) in [6, 6.07) is 4.90. The summed E-state index contributed by atoms with van der Waals surface area (Å²) in [6.45, 7) is 3.74. The van der Waals surface area contributed by atoms with Crippen molar-refractivity contribution in [3.05, 3.63) is 23.8 Å². The average Bonchev–Trinajstić information content (AvgIpc) is 2.88. The van der Waals surface area contributed by atoms with Crippen molar-refractivity contribution in [3.8, 4) is 11.5 Å². The highest BCUT2D eigenvalue weighted by Crippen LogP contribution is 2.29. The Balaban J connectivity index is 0.00000312. The lowest BCUT2D eigenvalue weighted by Gasteiger charge is -2.24. The van der Waals surface area contributed by atoms with Crippen LogP contribution in [0.25, 0.3) is 0 Å². The first-order valence-corrected chi connectivity index (χ1v) is 7.92. The molecule has 0 saturated carbocycles. The van der Waals surface area contributed by atoms with E-state index >= 15 is 0 Å². The number of guanidine groups is 1. The van der Waals surface area contributed by atoms with E-state index in [-0.39, 0.29) is 35.1 Å². The molecule has 1 aromatic rings. The highest BCUT2D eigenvalue weighted by molar-refractivity contribution is 14.0. The second kappa shape index (κ2) is 9.40. The van der Waals surface area contributed by atoms with Crippen LogP contribution in [-0.4, -0.2) is 44.7 Å². The molecule has 1 aromatic carbocycles. The molecule has 5 nitrogen and oxygen atoms in total. The third-order valence-corrected chi connectivity index (χ3v) is 4.12. The van der Waals surface area contributed by atoms with Crippen LogP contribution in [0, 0.1) is 5.41 Å². The van der Waals surface area contributed by atoms with Gasteiger partial charge in [-0.1, -0.05) is 13.8 Å². The Morgan fingerprint density at radius 3 is 2.64 bits per heavy atom. The van der Waals surface area contributed by atoms with E-state index in [1.165, 1.54) is 13.2 Å². The van der Waals surface area contributed by atoms with Crippen molar-refractivity contribution < 1.29 is 18.3 Å². The average molecular weight is 469 g/mol. The Morgan fingerprint density at radius 1 is 1.40 bits per heavy atom. The van der Waals surface area contributed by atoms with Crippen molar-refractivity contribution in [2.24, 2.45) is 10.4 Å². The van der Waals surface area contributed by atoms with E-state index in [2.05, 4.69) is 33.8 Å². The van der Waals surface area contributed by atoms with Crippen molar-refractivity contribution in [1.82, 2.24) is 10.2 Å². The Labute approximate surface area is 164 Å². The molecule has 0 unspecified atom stereocenters. The molecule has 1 heterocycles. The lowest BCUT2D eigenvalue weighted by molar-refractivity contribution is -0.0505. The van der Waals surface area contributed by atoms with Crippen LogP contribution in [0.2, 0.25) is 0 Å². The predicted molar refractivity (Wildman–Crippen MR) is 105 cm³/mol. The largest absolute Gasteiger partial charge is 0.497 e. The van der Waals surface area contributed by atoms with Crippen molar-refractivity contribution in [2.75, 3.05) is 27.2 Å². The minimum absolute atomic E-state index is 0. The molecule has 1 aliphatic heterocycles. The number of nitrogens with one attached hydrogen (secondary N) is 1. The molecule has 25 heavy (non-hydrogen) atoms. The van der Waals surface area contributed by atoms with Crippen molar-refractivity contribution >= 4 is 29.9 Å². The van der Waals surface area contributed by atoms with Gasteiger partial charge in [-0.25, -0.2) is 0 Å². The maximum Gasteiger partial charge on any atom is 0.387 e. The number of hydrogen-bond donors (Lipinski definition) is 1. The fourth-order valence-corrected chi connectivity index (χ4v) is 2.81. The summed E-state index contributed by atoms with van der Waals surface area (Å²) in [6.07, 6.45) is 1.09. The fraction of sp³-hybridized carbons (Fsp3) is 0.588. The van der Waals surface area contributed by atoms with Crippen LogP contribution in [0.4, 0.5) is 8.78 Å². The summed E-state index contributed by atoms with van der Waals surface area (Å²) in [5, 5.41) is 3.23. The zero-order chi connectivity index (χ0) is 17.7. The number of methoxy groups -OCH3 is 1. The molecule has 142 valence electrons. The molecule has 2 rings (SSSR count). The van der Waals surface area contributed by atoms with E-state index in [4.69, 9.17) is 4.74 Å². The lowest BCUT2D eigenvalue weighted by Crippen LogP contribution is -2.40. The molecule has 0 aromatic heterocycles. The lowest BCUT2D eigenvalue weighted by atomic mass is 9.93. The molecule has 0 aliphatic carbocycles. The number of nitrogens with zero attached hydrogens (tertiary/aromatic N) is 2. The van der Waals surface area contributed by atoms with Crippen molar-refractivity contribution in [1.29, 1.82) is 0 Å². The number of rotatable bonds is 5. The first-order valence-electron chi connectivity index (χ1n) is 7.92. The first-order chi connectivity index (χ1) is 11.3. The van der Waals surface area contributed by atoms with E-state index in [1.807, 2.05) is 0 Å². The fourth-order valence-electron chi connectivity index (χ4n) is 2.81. The third kappa shape index (κ3) is 6.16. The van der Waals surface area contributed by atoms with Gasteiger partial charge < -0.3 is 19.7 Å². The number of alkyl halides is 2. The van der Waals surface area contributed by atoms with Gasteiger partial charge in [-0.15, -0.1) is 24.0 Å². The van der Waals surface area contributed by atoms with Crippen molar-refractivity contribution in [2.45, 2.75) is 33.4 Å². The van der Waals surface area contributed by atoms with Gasteiger partial charge in [0.25, 0.3) is 0 Å². The molecule has 0 amide bonds. The standard InChI is InChI=1S/C17H25F2N3O2.HI/c1-17(2)7-8-22(11-17)16(20-3)21-10-12-5-6-13(23-4)9-14(12)24-15(18)19;/h5-6,9,15H,7-8,10-11H2,1-4H3,(H,20,21);1H. The van der Waals surface area contributed by atoms with Gasteiger partial charge in [-0.3, -0.25) is 4.99 Å². The van der Waals surface area contributed by atoms with Gasteiger partial charge >= 0.3 is 6.61 Å². The minimum atomic E-state index is -2.88. The quantitative estimate of drug-likeness (QED) is 0.406. The number of hydrogen-bond acceptors (Lipinski definition) is 3. The van der Waals surface area contributed by atoms with Gasteiger partial charge in [0, 0.05) is 38.3 Å². The molecule has 0 radical (unpaired) electrons. The van der Waals surface area contributed by atoms with Gasteiger partial charge in [0.15, 0.2) is 5.96 Å². The molecule has 1 aliphatic rings. The zero-order valence-electron chi connectivity index (χ0n) is 15.0. The molecule has 0 atom stereocenters. The summed E-state index contributed by atoms with van der Waals surface area (Å²) in [5.74, 6) is 1.34. The van der Waals surface area contributed by atoms with E-state index in [0.717, 1.165) is 25.5 Å². The molecule has 1 fully saturated rings. The molecular weight excluding hydrogens is 443 g/mol. The summed E-state index contributed by atoms with van der Waals surface area (Å²) in [4.78, 5) is 6.47. The van der Waals surface area contributed by atoms with Crippen LogP contribution < -0.4 is 14.8 Å². The highest BCUT2D eigenvalue weighted by atomic mass is 127. The molecule has 0 spiro atoms. The van der Waals surface area contributed by atoms with Crippen LogP contribution >= 0.6 is 24.0 Å². The second-order valence-corrected chi connectivity index (χ2v) is 6.59. The van der Waals surface area contributed by atoms with Crippen LogP contribution in [0.3, 0.4) is 0 Å². The second-order valence-electron chi connectivity index (χ2n) is 6.59. The zero-order valence-corrected chi connectivity index (χ0v) is 17.3. The van der Waals surface area contributed by atoms with Crippen LogP contribution in [-0.2, 0) is 6.54 Å². The smallest absolute Gasteiger partial charge is 0.387 e. The monoisotopic (exact) mass is 469 g/mol. The molecule has 0 bridgehead atoms. The summed E-state index contributed by atoms with van der Waals surface area (Å²) in [7, 11) is 3.20. The number of likely N-dealkylation sites (tertiary alicyclic amines) is 1. The summed E-state index contributed by atoms with van der Waals surface area (Å²) < 4.78 is 34.9.